The molecule has 0 saturated heterocycles. The first-order chi connectivity index (χ1) is 18.0. The third kappa shape index (κ3) is 13.5. The van der Waals surface area contributed by atoms with Crippen LogP contribution in [-0.2, 0) is 9.59 Å². The van der Waals surface area contributed by atoms with Gasteiger partial charge in [0.2, 0.25) is 0 Å². The number of carbonyl (C=O) groups excluding carboxylic acids is 2. The van der Waals surface area contributed by atoms with E-state index >= 15 is 0 Å². The van der Waals surface area contributed by atoms with Crippen molar-refractivity contribution in [2.45, 2.75) is 117 Å². The van der Waals surface area contributed by atoms with E-state index in [9.17, 15) is 9.59 Å². The summed E-state index contributed by atoms with van der Waals surface area (Å²) >= 11 is 0. The molecule has 0 amide bonds. The molecule has 0 bridgehead atoms. The van der Waals surface area contributed by atoms with Crippen LogP contribution < -0.4 is 9.47 Å². The Morgan fingerprint density at radius 1 is 0.595 bits per heavy atom. The zero-order valence-electron chi connectivity index (χ0n) is 23.4. The van der Waals surface area contributed by atoms with Crippen LogP contribution in [0.15, 0.2) is 48.5 Å². The van der Waals surface area contributed by atoms with Crippen LogP contribution in [0.5, 0.6) is 11.5 Å². The zero-order chi connectivity index (χ0) is 26.7. The average molecular weight is 509 g/mol. The summed E-state index contributed by atoms with van der Waals surface area (Å²) in [6.45, 7) is 6.38. The van der Waals surface area contributed by atoms with Gasteiger partial charge in [-0.1, -0.05) is 122 Å². The smallest absolute Gasteiger partial charge is 0.311 e. The van der Waals surface area contributed by atoms with E-state index in [0.717, 1.165) is 30.4 Å². The Balaban J connectivity index is 1.61. The van der Waals surface area contributed by atoms with Crippen molar-refractivity contribution in [1.82, 2.24) is 0 Å². The van der Waals surface area contributed by atoms with Gasteiger partial charge >= 0.3 is 11.9 Å². The van der Waals surface area contributed by atoms with Gasteiger partial charge in [0, 0.05) is 12.8 Å². The van der Waals surface area contributed by atoms with Crippen molar-refractivity contribution in [1.29, 1.82) is 0 Å². The first kappa shape index (κ1) is 30.6. The molecule has 2 aromatic rings. The van der Waals surface area contributed by atoms with Crippen molar-refractivity contribution in [3.8, 4) is 22.6 Å². The van der Waals surface area contributed by atoms with Crippen LogP contribution in [0.2, 0.25) is 0 Å². The normalized spacial score (nSPS) is 11.8. The number of esters is 2. The topological polar surface area (TPSA) is 52.6 Å². The van der Waals surface area contributed by atoms with Crippen LogP contribution >= 0.6 is 0 Å². The van der Waals surface area contributed by atoms with E-state index in [1.165, 1.54) is 64.2 Å². The molecular weight excluding hydrogens is 460 g/mol. The minimum Gasteiger partial charge on any atom is -0.427 e. The third-order valence-electron chi connectivity index (χ3n) is 6.95. The molecule has 0 fully saturated rings. The van der Waals surface area contributed by atoms with Crippen molar-refractivity contribution in [3.05, 3.63) is 48.5 Å². The molecule has 1 atom stereocenters. The quantitative estimate of drug-likeness (QED) is 0.108. The molecule has 0 radical (unpaired) electrons. The van der Waals surface area contributed by atoms with Crippen LogP contribution in [0.4, 0.5) is 0 Å². The Bertz CT molecular complexity index is 886. The van der Waals surface area contributed by atoms with Gasteiger partial charge < -0.3 is 9.47 Å². The van der Waals surface area contributed by atoms with Gasteiger partial charge in [0.25, 0.3) is 0 Å². The molecule has 0 spiro atoms. The van der Waals surface area contributed by atoms with Gasteiger partial charge in [-0.25, -0.2) is 0 Å². The molecule has 4 heteroatoms. The molecule has 0 aliphatic rings. The Morgan fingerprint density at radius 2 is 1.00 bits per heavy atom. The van der Waals surface area contributed by atoms with E-state index in [1.54, 1.807) is 0 Å². The minimum absolute atomic E-state index is 0.164. The van der Waals surface area contributed by atoms with E-state index < -0.39 is 0 Å². The lowest BCUT2D eigenvalue weighted by molar-refractivity contribution is -0.136. The fraction of sp³-hybridized carbons (Fsp3) is 0.576. The summed E-state index contributed by atoms with van der Waals surface area (Å²) in [5.74, 6) is 1.09. The highest BCUT2D eigenvalue weighted by molar-refractivity contribution is 5.74. The lowest BCUT2D eigenvalue weighted by atomic mass is 10.0. The second-order valence-corrected chi connectivity index (χ2v) is 10.4. The number of ether oxygens (including phenoxy) is 2. The summed E-state index contributed by atoms with van der Waals surface area (Å²) in [5.41, 5.74) is 2.02. The summed E-state index contributed by atoms with van der Waals surface area (Å²) < 4.78 is 10.9. The molecule has 0 saturated carbocycles. The zero-order valence-corrected chi connectivity index (χ0v) is 23.4. The van der Waals surface area contributed by atoms with Crippen molar-refractivity contribution in [3.63, 3.8) is 0 Å². The summed E-state index contributed by atoms with van der Waals surface area (Å²) in [7, 11) is 0. The highest BCUT2D eigenvalue weighted by Crippen LogP contribution is 2.25. The molecule has 0 aromatic heterocycles. The molecule has 37 heavy (non-hydrogen) atoms. The average Bonchev–Trinajstić information content (AvgIpc) is 2.90. The van der Waals surface area contributed by atoms with Crippen LogP contribution in [0.1, 0.15) is 117 Å². The Kier molecular flexibility index (Phi) is 15.4. The molecule has 0 aliphatic carbocycles. The van der Waals surface area contributed by atoms with E-state index in [1.807, 2.05) is 55.5 Å². The van der Waals surface area contributed by atoms with Crippen molar-refractivity contribution in [2.75, 3.05) is 0 Å². The molecule has 4 nitrogen and oxygen atoms in total. The predicted octanol–water partition coefficient (Wildman–Crippen LogP) is 9.69. The van der Waals surface area contributed by atoms with E-state index in [0.29, 0.717) is 30.3 Å². The van der Waals surface area contributed by atoms with Crippen molar-refractivity contribution < 1.29 is 19.1 Å². The molecule has 0 heterocycles. The minimum atomic E-state index is -0.197. The van der Waals surface area contributed by atoms with Crippen molar-refractivity contribution in [2.24, 2.45) is 5.92 Å². The van der Waals surface area contributed by atoms with E-state index in [-0.39, 0.29) is 11.9 Å². The molecule has 2 aromatic carbocycles. The van der Waals surface area contributed by atoms with Gasteiger partial charge in [-0.15, -0.1) is 0 Å². The number of hydrogen-bond donors (Lipinski definition) is 0. The Morgan fingerprint density at radius 3 is 1.43 bits per heavy atom. The number of benzene rings is 2. The summed E-state index contributed by atoms with van der Waals surface area (Å²) in [6.07, 6.45) is 17.2. The number of unbranched alkanes of at least 4 members (excludes halogenated alkanes) is 11. The molecule has 204 valence electrons. The van der Waals surface area contributed by atoms with Gasteiger partial charge in [0.05, 0.1) is 0 Å². The number of hydrogen-bond acceptors (Lipinski definition) is 4. The second kappa shape index (κ2) is 18.6. The lowest BCUT2D eigenvalue weighted by Crippen LogP contribution is -2.11. The molecular formula is C33H48O4. The predicted molar refractivity (Wildman–Crippen MR) is 153 cm³/mol. The lowest BCUT2D eigenvalue weighted by Gasteiger charge is -2.09. The van der Waals surface area contributed by atoms with Crippen molar-refractivity contribution >= 4 is 11.9 Å². The maximum absolute atomic E-state index is 12.2. The maximum atomic E-state index is 12.2. The highest BCUT2D eigenvalue weighted by Gasteiger charge is 2.10. The van der Waals surface area contributed by atoms with Crippen LogP contribution in [0, 0.1) is 5.92 Å². The standard InChI is InChI=1S/C33H48O4/c1-4-6-7-8-9-10-11-12-13-14-15-16-17-32(34)36-30-22-18-28(19-23-30)29-20-24-31(25-21-29)37-33(35)26-27(3)5-2/h18-25,27H,4-17,26H2,1-3H3. The monoisotopic (exact) mass is 508 g/mol. The van der Waals surface area contributed by atoms with Gasteiger partial charge in [0.15, 0.2) is 0 Å². The number of carbonyl (C=O) groups is 2. The Hall–Kier alpha value is -2.62. The SMILES string of the molecule is CCCCCCCCCCCCCCC(=O)Oc1ccc(-c2ccc(OC(=O)CC(C)CC)cc2)cc1. The number of rotatable bonds is 19. The van der Waals surface area contributed by atoms with E-state index in [4.69, 9.17) is 9.47 Å². The Labute approximate surface area is 225 Å². The molecule has 0 N–H and O–H groups in total. The van der Waals surface area contributed by atoms with Gasteiger partial charge in [0.1, 0.15) is 11.5 Å². The van der Waals surface area contributed by atoms with Crippen LogP contribution in [-0.4, -0.2) is 11.9 Å². The summed E-state index contributed by atoms with van der Waals surface area (Å²) in [5, 5.41) is 0. The van der Waals surface area contributed by atoms with Crippen LogP contribution in [0.3, 0.4) is 0 Å². The third-order valence-corrected chi connectivity index (χ3v) is 6.95. The second-order valence-electron chi connectivity index (χ2n) is 10.4. The molecule has 0 aliphatic heterocycles. The largest absolute Gasteiger partial charge is 0.427 e. The molecule has 1 unspecified atom stereocenters. The first-order valence-electron chi connectivity index (χ1n) is 14.6. The van der Waals surface area contributed by atoms with Crippen LogP contribution in [0.25, 0.3) is 11.1 Å². The van der Waals surface area contributed by atoms with Gasteiger partial charge in [-0.2, -0.15) is 0 Å². The highest BCUT2D eigenvalue weighted by atomic mass is 16.5. The fourth-order valence-electron chi connectivity index (χ4n) is 4.33. The first-order valence-corrected chi connectivity index (χ1v) is 14.6. The van der Waals surface area contributed by atoms with Gasteiger partial charge in [-0.05, 0) is 47.7 Å². The maximum Gasteiger partial charge on any atom is 0.311 e. The fourth-order valence-corrected chi connectivity index (χ4v) is 4.33. The summed E-state index contributed by atoms with van der Waals surface area (Å²) in [4.78, 5) is 24.2. The molecule has 2 rings (SSSR count). The van der Waals surface area contributed by atoms with Gasteiger partial charge in [-0.3, -0.25) is 9.59 Å². The van der Waals surface area contributed by atoms with E-state index in [2.05, 4.69) is 13.8 Å². The summed E-state index contributed by atoms with van der Waals surface area (Å²) in [6, 6.07) is 15.0.